The van der Waals surface area contributed by atoms with Gasteiger partial charge in [0, 0.05) is 24.7 Å². The number of ether oxygens (including phenoxy) is 1. The van der Waals surface area contributed by atoms with Gasteiger partial charge in [-0.05, 0) is 49.7 Å². The third kappa shape index (κ3) is 4.78. The van der Waals surface area contributed by atoms with Crippen molar-refractivity contribution in [1.29, 1.82) is 0 Å². The summed E-state index contributed by atoms with van der Waals surface area (Å²) in [5.74, 6) is -0.0782. The second-order valence-electron chi connectivity index (χ2n) is 7.86. The first kappa shape index (κ1) is 21.7. The number of halogens is 6. The molecule has 0 N–H and O–H groups in total. The van der Waals surface area contributed by atoms with Crippen molar-refractivity contribution in [3.05, 3.63) is 29.6 Å². The van der Waals surface area contributed by atoms with Gasteiger partial charge in [-0.15, -0.1) is 0 Å². The molecule has 2 aliphatic rings. The van der Waals surface area contributed by atoms with Crippen molar-refractivity contribution in [1.82, 2.24) is 9.88 Å². The minimum absolute atomic E-state index is 0.0782. The number of piperidine rings is 1. The largest absolute Gasteiger partial charge is 0.436 e. The average molecular weight is 424 g/mol. The van der Waals surface area contributed by atoms with Crippen LogP contribution in [0.1, 0.15) is 56.3 Å². The standard InChI is InChI=1S/C19H22F6N2O2/c1-2-15(19(23,24)25)29-16(28)27-8-6-17(7-9-27)10-12(11-17)13-4-3-5-14(26-13)18(20,21)22/h3-5,12,15H,2,6-11H2,1H3/t15-/m1/s1. The Balaban J connectivity index is 1.53. The fourth-order valence-electron chi connectivity index (χ4n) is 4.18. The smallest absolute Gasteiger partial charge is 0.433 e. The van der Waals surface area contributed by atoms with E-state index in [9.17, 15) is 31.1 Å². The van der Waals surface area contributed by atoms with Crippen LogP contribution in [0.2, 0.25) is 0 Å². The minimum atomic E-state index is -4.60. The van der Waals surface area contributed by atoms with Crippen LogP contribution in [0.15, 0.2) is 18.2 Å². The summed E-state index contributed by atoms with van der Waals surface area (Å²) in [6, 6.07) is 3.87. The number of amides is 1. The molecule has 162 valence electrons. The van der Waals surface area contributed by atoms with Crippen LogP contribution in [0.3, 0.4) is 0 Å². The molecule has 10 heteroatoms. The van der Waals surface area contributed by atoms with E-state index in [2.05, 4.69) is 9.72 Å². The molecule has 1 atom stereocenters. The fraction of sp³-hybridized carbons (Fsp3) is 0.684. The Kier molecular flexibility index (Phi) is 5.75. The zero-order chi connectivity index (χ0) is 21.4. The number of likely N-dealkylation sites (tertiary alicyclic amines) is 1. The summed E-state index contributed by atoms with van der Waals surface area (Å²) in [7, 11) is 0. The quantitative estimate of drug-likeness (QED) is 0.599. The summed E-state index contributed by atoms with van der Waals surface area (Å²) >= 11 is 0. The van der Waals surface area contributed by atoms with E-state index in [0.29, 0.717) is 31.4 Å². The third-order valence-corrected chi connectivity index (χ3v) is 5.90. The Bertz CT molecular complexity index is 733. The maximum Gasteiger partial charge on any atom is 0.433 e. The van der Waals surface area contributed by atoms with Gasteiger partial charge < -0.3 is 9.64 Å². The Morgan fingerprint density at radius 2 is 1.83 bits per heavy atom. The summed E-state index contributed by atoms with van der Waals surface area (Å²) in [5.41, 5.74) is -0.613. The molecule has 1 amide bonds. The first-order valence-corrected chi connectivity index (χ1v) is 9.50. The van der Waals surface area contributed by atoms with Gasteiger partial charge in [-0.1, -0.05) is 13.0 Å². The van der Waals surface area contributed by atoms with Crippen molar-refractivity contribution in [3.8, 4) is 0 Å². The van der Waals surface area contributed by atoms with Gasteiger partial charge in [0.05, 0.1) is 0 Å². The molecule has 4 nitrogen and oxygen atoms in total. The highest BCUT2D eigenvalue weighted by atomic mass is 19.4. The third-order valence-electron chi connectivity index (χ3n) is 5.90. The second-order valence-corrected chi connectivity index (χ2v) is 7.86. The average Bonchev–Trinajstić information content (AvgIpc) is 2.62. The maximum absolute atomic E-state index is 12.8. The van der Waals surface area contributed by atoms with E-state index in [1.54, 1.807) is 6.07 Å². The first-order valence-electron chi connectivity index (χ1n) is 9.50. The summed E-state index contributed by atoms with van der Waals surface area (Å²) in [4.78, 5) is 17.0. The van der Waals surface area contributed by atoms with E-state index >= 15 is 0 Å². The molecule has 1 saturated heterocycles. The Labute approximate surface area is 164 Å². The number of carbonyl (C=O) groups excluding carboxylic acids is 1. The van der Waals surface area contributed by atoms with Crippen molar-refractivity contribution < 1.29 is 35.9 Å². The molecule has 0 unspecified atom stereocenters. The van der Waals surface area contributed by atoms with Crippen LogP contribution in [-0.4, -0.2) is 41.3 Å². The van der Waals surface area contributed by atoms with Crippen LogP contribution in [0.4, 0.5) is 31.1 Å². The van der Waals surface area contributed by atoms with Crippen LogP contribution in [-0.2, 0) is 10.9 Å². The molecular formula is C19H22F6N2O2. The van der Waals surface area contributed by atoms with Gasteiger partial charge >= 0.3 is 18.4 Å². The van der Waals surface area contributed by atoms with Crippen LogP contribution in [0.5, 0.6) is 0 Å². The van der Waals surface area contributed by atoms with Crippen molar-refractivity contribution >= 4 is 6.09 Å². The van der Waals surface area contributed by atoms with Crippen LogP contribution >= 0.6 is 0 Å². The summed E-state index contributed by atoms with van der Waals surface area (Å²) < 4.78 is 81.4. The number of rotatable bonds is 3. The monoisotopic (exact) mass is 424 g/mol. The van der Waals surface area contributed by atoms with Gasteiger partial charge in [0.1, 0.15) is 5.69 Å². The lowest BCUT2D eigenvalue weighted by Gasteiger charge is -2.52. The molecule has 29 heavy (non-hydrogen) atoms. The fourth-order valence-corrected chi connectivity index (χ4v) is 4.18. The molecule has 1 spiro atoms. The lowest BCUT2D eigenvalue weighted by molar-refractivity contribution is -0.206. The van der Waals surface area contributed by atoms with E-state index in [0.717, 1.165) is 6.07 Å². The molecule has 2 fully saturated rings. The van der Waals surface area contributed by atoms with Crippen molar-refractivity contribution in [2.75, 3.05) is 13.1 Å². The number of aromatic nitrogens is 1. The Morgan fingerprint density at radius 3 is 2.34 bits per heavy atom. The summed E-state index contributed by atoms with van der Waals surface area (Å²) in [5, 5.41) is 0. The van der Waals surface area contributed by atoms with E-state index in [1.807, 2.05) is 0 Å². The van der Waals surface area contributed by atoms with Gasteiger partial charge in [0.15, 0.2) is 6.10 Å². The second kappa shape index (κ2) is 7.68. The molecule has 2 heterocycles. The Morgan fingerprint density at radius 1 is 1.21 bits per heavy atom. The SMILES string of the molecule is CC[C@@H](OC(=O)N1CCC2(CC1)CC(c1cccc(C(F)(F)F)n1)C2)C(F)(F)F. The van der Waals surface area contributed by atoms with Gasteiger partial charge in [0.2, 0.25) is 0 Å². The summed E-state index contributed by atoms with van der Waals surface area (Å²) in [6.07, 6.45) is -10.0. The molecule has 1 saturated carbocycles. The molecule has 0 radical (unpaired) electrons. The van der Waals surface area contributed by atoms with Gasteiger partial charge in [-0.2, -0.15) is 26.3 Å². The van der Waals surface area contributed by atoms with E-state index < -0.39 is 30.2 Å². The van der Waals surface area contributed by atoms with Gasteiger partial charge in [-0.3, -0.25) is 0 Å². The molecule has 1 aromatic rings. The number of nitrogens with zero attached hydrogens (tertiary/aromatic N) is 2. The molecular weight excluding hydrogens is 402 g/mol. The lowest BCUT2D eigenvalue weighted by atomic mass is 9.57. The number of hydrogen-bond acceptors (Lipinski definition) is 3. The number of hydrogen-bond donors (Lipinski definition) is 0. The molecule has 1 aliphatic carbocycles. The van der Waals surface area contributed by atoms with E-state index in [1.165, 1.54) is 17.9 Å². The topological polar surface area (TPSA) is 42.4 Å². The summed E-state index contributed by atoms with van der Waals surface area (Å²) in [6.45, 7) is 1.85. The van der Waals surface area contributed by atoms with Crippen molar-refractivity contribution in [2.45, 2.75) is 63.4 Å². The van der Waals surface area contributed by atoms with E-state index in [-0.39, 0.29) is 30.8 Å². The Hall–Kier alpha value is -2.00. The van der Waals surface area contributed by atoms with Gasteiger partial charge in [0.25, 0.3) is 0 Å². The maximum atomic E-state index is 12.8. The molecule has 3 rings (SSSR count). The molecule has 0 aromatic carbocycles. The van der Waals surface area contributed by atoms with Crippen LogP contribution < -0.4 is 0 Å². The zero-order valence-corrected chi connectivity index (χ0v) is 15.8. The predicted octanol–water partition coefficient (Wildman–Crippen LogP) is 5.54. The minimum Gasteiger partial charge on any atom is -0.436 e. The predicted molar refractivity (Wildman–Crippen MR) is 91.1 cm³/mol. The van der Waals surface area contributed by atoms with Crippen LogP contribution in [0, 0.1) is 5.41 Å². The first-order chi connectivity index (χ1) is 13.4. The molecule has 1 aromatic heterocycles. The number of alkyl halides is 6. The normalized spacial score (nSPS) is 21.0. The number of pyridine rings is 1. The van der Waals surface area contributed by atoms with Gasteiger partial charge in [-0.25, -0.2) is 9.78 Å². The highest BCUT2D eigenvalue weighted by molar-refractivity contribution is 5.68. The highest BCUT2D eigenvalue weighted by Crippen LogP contribution is 2.56. The molecule has 1 aliphatic heterocycles. The zero-order valence-electron chi connectivity index (χ0n) is 15.8. The lowest BCUT2D eigenvalue weighted by Crippen LogP contribution is -2.49. The van der Waals surface area contributed by atoms with E-state index in [4.69, 9.17) is 0 Å². The van der Waals surface area contributed by atoms with Crippen LogP contribution in [0.25, 0.3) is 0 Å². The molecule has 0 bridgehead atoms. The highest BCUT2D eigenvalue weighted by Gasteiger charge is 2.48. The number of carbonyl (C=O) groups is 1. The van der Waals surface area contributed by atoms with Crippen molar-refractivity contribution in [2.24, 2.45) is 5.41 Å². The van der Waals surface area contributed by atoms with Crippen molar-refractivity contribution in [3.63, 3.8) is 0 Å².